The van der Waals surface area contributed by atoms with Gasteiger partial charge in [0.05, 0.1) is 17.4 Å². The zero-order valence-electron chi connectivity index (χ0n) is 20.3. The number of fused-ring (bicyclic) bond motifs is 2. The first-order valence-electron chi connectivity index (χ1n) is 12.4. The molecule has 3 amide bonds. The summed E-state index contributed by atoms with van der Waals surface area (Å²) >= 11 is 0. The fourth-order valence-corrected chi connectivity index (χ4v) is 6.36. The van der Waals surface area contributed by atoms with Gasteiger partial charge in [-0.05, 0) is 18.4 Å². The number of aliphatic hydroxyl groups excluding tert-OH is 1. The lowest BCUT2D eigenvalue weighted by atomic mass is 9.73. The average Bonchev–Trinajstić information content (AvgIpc) is 3.16. The first-order valence-corrected chi connectivity index (χ1v) is 12.4. The Hall–Kier alpha value is -2.97. The number of likely N-dealkylation sites (tertiary alicyclic amines) is 1. The molecular formula is C27H33N3O5. The summed E-state index contributed by atoms with van der Waals surface area (Å²) < 4.78 is 6.85. The van der Waals surface area contributed by atoms with E-state index in [1.807, 2.05) is 61.6 Å². The summed E-state index contributed by atoms with van der Waals surface area (Å²) in [5.74, 6) is -2.11. The van der Waals surface area contributed by atoms with Crippen LogP contribution in [-0.2, 0) is 25.7 Å². The maximum absolute atomic E-state index is 14.1. The smallest absolute Gasteiger partial charge is 0.249 e. The number of hydrogen-bond donors (Lipinski definition) is 1. The lowest BCUT2D eigenvalue weighted by Gasteiger charge is -2.38. The number of carbonyl (C=O) groups excluding carboxylic acids is 3. The number of aliphatic hydroxyl groups is 1. The van der Waals surface area contributed by atoms with E-state index in [0.29, 0.717) is 32.5 Å². The number of carbonyl (C=O) groups is 3. The molecule has 186 valence electrons. The van der Waals surface area contributed by atoms with Gasteiger partial charge in [-0.25, -0.2) is 0 Å². The van der Waals surface area contributed by atoms with Crippen LogP contribution in [0.3, 0.4) is 0 Å². The van der Waals surface area contributed by atoms with E-state index in [-0.39, 0.29) is 30.9 Å². The van der Waals surface area contributed by atoms with Crippen LogP contribution in [0.4, 0.5) is 0 Å². The number of ether oxygens (including phenoxy) is 1. The Morgan fingerprint density at radius 2 is 1.74 bits per heavy atom. The fraction of sp³-hybridized carbons (Fsp3) is 0.519. The van der Waals surface area contributed by atoms with Gasteiger partial charge in [0.2, 0.25) is 17.7 Å². The van der Waals surface area contributed by atoms with Gasteiger partial charge < -0.3 is 24.5 Å². The van der Waals surface area contributed by atoms with Gasteiger partial charge in [-0.3, -0.25) is 14.4 Å². The molecule has 5 rings (SSSR count). The molecule has 4 aliphatic heterocycles. The molecule has 1 spiro atoms. The molecule has 2 fully saturated rings. The maximum atomic E-state index is 14.1. The highest BCUT2D eigenvalue weighted by atomic mass is 16.5. The summed E-state index contributed by atoms with van der Waals surface area (Å²) in [7, 11) is 1.74. The van der Waals surface area contributed by atoms with E-state index in [2.05, 4.69) is 0 Å². The van der Waals surface area contributed by atoms with Gasteiger partial charge in [0.15, 0.2) is 0 Å². The van der Waals surface area contributed by atoms with Crippen molar-refractivity contribution >= 4 is 17.7 Å². The van der Waals surface area contributed by atoms with Gasteiger partial charge in [0.25, 0.3) is 0 Å². The predicted molar refractivity (Wildman–Crippen MR) is 129 cm³/mol. The summed E-state index contributed by atoms with van der Waals surface area (Å²) in [5, 5.41) is 9.51. The molecule has 35 heavy (non-hydrogen) atoms. The molecule has 0 saturated carbocycles. The van der Waals surface area contributed by atoms with E-state index in [1.165, 1.54) is 0 Å². The molecule has 1 unspecified atom stereocenters. The quantitative estimate of drug-likeness (QED) is 0.623. The van der Waals surface area contributed by atoms with E-state index in [9.17, 15) is 19.5 Å². The highest BCUT2D eigenvalue weighted by Gasteiger charge is 2.75. The fourth-order valence-electron chi connectivity index (χ4n) is 6.36. The second-order valence-electron chi connectivity index (χ2n) is 9.96. The van der Waals surface area contributed by atoms with Crippen molar-refractivity contribution in [1.82, 2.24) is 14.7 Å². The SMILES string of the molecule is CC[C@]12C=CCN(C)C(=O)[C@H]1[C@H]1C(=O)N(CCCO)C3C(=O)N(Cc4ccccc4)CC=C[C@@]31O2. The molecule has 5 atom stereocenters. The third kappa shape index (κ3) is 3.53. The van der Waals surface area contributed by atoms with Crippen molar-refractivity contribution in [2.24, 2.45) is 11.8 Å². The molecule has 8 nitrogen and oxygen atoms in total. The highest BCUT2D eigenvalue weighted by molar-refractivity contribution is 6.00. The van der Waals surface area contributed by atoms with E-state index < -0.39 is 29.1 Å². The maximum Gasteiger partial charge on any atom is 0.249 e. The largest absolute Gasteiger partial charge is 0.396 e. The Kier molecular flexibility index (Phi) is 6.05. The van der Waals surface area contributed by atoms with Crippen LogP contribution < -0.4 is 0 Å². The Balaban J connectivity index is 1.61. The zero-order valence-corrected chi connectivity index (χ0v) is 20.3. The number of amides is 3. The van der Waals surface area contributed by atoms with Crippen molar-refractivity contribution in [2.45, 2.75) is 43.6 Å². The molecule has 1 aromatic rings. The van der Waals surface area contributed by atoms with Crippen LogP contribution in [-0.4, -0.2) is 88.1 Å². The van der Waals surface area contributed by atoms with Crippen LogP contribution in [0.2, 0.25) is 0 Å². The van der Waals surface area contributed by atoms with E-state index in [0.717, 1.165) is 5.56 Å². The monoisotopic (exact) mass is 479 g/mol. The molecule has 0 aromatic heterocycles. The minimum atomic E-state index is -1.24. The summed E-state index contributed by atoms with van der Waals surface area (Å²) in [6.07, 6.45) is 8.49. The summed E-state index contributed by atoms with van der Waals surface area (Å²) in [6.45, 7) is 3.34. The number of hydrogen-bond acceptors (Lipinski definition) is 5. The van der Waals surface area contributed by atoms with Crippen molar-refractivity contribution < 1.29 is 24.2 Å². The van der Waals surface area contributed by atoms with Crippen LogP contribution in [0.15, 0.2) is 54.6 Å². The summed E-state index contributed by atoms with van der Waals surface area (Å²) in [6, 6.07) is 8.85. The van der Waals surface area contributed by atoms with E-state index in [1.54, 1.807) is 21.7 Å². The molecule has 1 N–H and O–H groups in total. The predicted octanol–water partition coefficient (Wildman–Crippen LogP) is 1.36. The van der Waals surface area contributed by atoms with Crippen LogP contribution in [0.1, 0.15) is 25.3 Å². The molecule has 0 radical (unpaired) electrons. The minimum absolute atomic E-state index is 0.0977. The summed E-state index contributed by atoms with van der Waals surface area (Å²) in [5.41, 5.74) is -1.20. The van der Waals surface area contributed by atoms with Crippen molar-refractivity contribution in [1.29, 1.82) is 0 Å². The first kappa shape index (κ1) is 23.8. The molecule has 8 heteroatoms. The van der Waals surface area contributed by atoms with E-state index >= 15 is 0 Å². The molecule has 4 heterocycles. The minimum Gasteiger partial charge on any atom is -0.396 e. The van der Waals surface area contributed by atoms with Crippen molar-refractivity contribution in [3.8, 4) is 0 Å². The lowest BCUT2D eigenvalue weighted by Crippen LogP contribution is -2.56. The number of rotatable bonds is 6. The van der Waals surface area contributed by atoms with Gasteiger partial charge >= 0.3 is 0 Å². The van der Waals surface area contributed by atoms with Crippen LogP contribution in [0.5, 0.6) is 0 Å². The second kappa shape index (κ2) is 8.91. The molecule has 0 aliphatic carbocycles. The topological polar surface area (TPSA) is 90.4 Å². The molecule has 4 aliphatic rings. The Bertz CT molecular complexity index is 1070. The van der Waals surface area contributed by atoms with Crippen LogP contribution in [0.25, 0.3) is 0 Å². The number of nitrogens with zero attached hydrogens (tertiary/aromatic N) is 3. The van der Waals surface area contributed by atoms with Gasteiger partial charge in [0.1, 0.15) is 11.6 Å². The van der Waals surface area contributed by atoms with Gasteiger partial charge in [-0.2, -0.15) is 0 Å². The first-order chi connectivity index (χ1) is 16.9. The second-order valence-corrected chi connectivity index (χ2v) is 9.96. The molecule has 2 saturated heterocycles. The highest BCUT2D eigenvalue weighted by Crippen LogP contribution is 2.58. The standard InChI is InChI=1S/C27H33N3O5/c1-3-26-12-7-14-28(2)23(32)20(26)21-24(33)30(16-9-17-31)22-25(34)29(15-8-13-27(21,22)35-26)18-19-10-5-4-6-11-19/h4-8,10-13,20-22,31H,3,9,14-18H2,1-2H3/t20-,21+,22?,26+,27+/m1/s1. The Morgan fingerprint density at radius 3 is 2.46 bits per heavy atom. The number of likely N-dealkylation sites (N-methyl/N-ethyl adjacent to an activating group) is 1. The van der Waals surface area contributed by atoms with E-state index in [4.69, 9.17) is 4.74 Å². The van der Waals surface area contributed by atoms with Crippen molar-refractivity contribution in [3.63, 3.8) is 0 Å². The molecule has 1 aromatic carbocycles. The molecular weight excluding hydrogens is 446 g/mol. The number of benzene rings is 1. The normalized spacial score (nSPS) is 34.1. The zero-order chi connectivity index (χ0) is 24.8. The van der Waals surface area contributed by atoms with Gasteiger partial charge in [-0.15, -0.1) is 0 Å². The third-order valence-corrected chi connectivity index (χ3v) is 8.00. The van der Waals surface area contributed by atoms with Crippen LogP contribution in [0, 0.1) is 11.8 Å². The third-order valence-electron chi connectivity index (χ3n) is 8.00. The Morgan fingerprint density at radius 1 is 1.00 bits per heavy atom. The van der Waals surface area contributed by atoms with Gasteiger partial charge in [0, 0.05) is 39.8 Å². The molecule has 0 bridgehead atoms. The summed E-state index contributed by atoms with van der Waals surface area (Å²) in [4.78, 5) is 46.7. The van der Waals surface area contributed by atoms with Gasteiger partial charge in [-0.1, -0.05) is 61.6 Å². The Labute approximate surface area is 205 Å². The lowest BCUT2D eigenvalue weighted by molar-refractivity contribution is -0.154. The van der Waals surface area contributed by atoms with Crippen molar-refractivity contribution in [2.75, 3.05) is 33.3 Å². The van der Waals surface area contributed by atoms with Crippen LogP contribution >= 0.6 is 0 Å². The average molecular weight is 480 g/mol. The van der Waals surface area contributed by atoms with Crippen molar-refractivity contribution in [3.05, 3.63) is 60.2 Å².